The number of rotatable bonds is 1. The SMILES string of the molecule is CCn1cnc2c(C#N)nc(Cl)cc21. The van der Waals surface area contributed by atoms with Gasteiger partial charge in [-0.05, 0) is 6.92 Å². The van der Waals surface area contributed by atoms with Crippen molar-refractivity contribution in [2.24, 2.45) is 0 Å². The molecule has 0 aliphatic heterocycles. The Balaban J connectivity index is 2.85. The third-order valence-electron chi connectivity index (χ3n) is 2.02. The molecule has 0 aromatic carbocycles. The standard InChI is InChI=1S/C9H7ClN4/c1-2-14-5-12-9-6(4-11)13-8(10)3-7(9)14/h3,5H,2H2,1H3. The predicted octanol–water partition coefficient (Wildman–Crippen LogP) is 1.98. The Morgan fingerprint density at radius 2 is 2.43 bits per heavy atom. The van der Waals surface area contributed by atoms with Crippen LogP contribution in [0, 0.1) is 11.3 Å². The van der Waals surface area contributed by atoms with Crippen molar-refractivity contribution < 1.29 is 0 Å². The molecule has 0 N–H and O–H groups in total. The van der Waals surface area contributed by atoms with Gasteiger partial charge in [0, 0.05) is 12.6 Å². The monoisotopic (exact) mass is 206 g/mol. The van der Waals surface area contributed by atoms with E-state index in [0.717, 1.165) is 12.1 Å². The summed E-state index contributed by atoms with van der Waals surface area (Å²) in [5.74, 6) is 0. The average molecular weight is 207 g/mol. The number of pyridine rings is 1. The minimum atomic E-state index is 0.278. The van der Waals surface area contributed by atoms with Gasteiger partial charge in [0.25, 0.3) is 0 Å². The zero-order valence-electron chi connectivity index (χ0n) is 7.53. The van der Waals surface area contributed by atoms with Crippen LogP contribution in [-0.4, -0.2) is 14.5 Å². The summed E-state index contributed by atoms with van der Waals surface area (Å²) in [5, 5.41) is 9.15. The molecular formula is C9H7ClN4. The Kier molecular flexibility index (Phi) is 2.10. The van der Waals surface area contributed by atoms with Crippen molar-refractivity contribution in [3.63, 3.8) is 0 Å². The fraction of sp³-hybridized carbons (Fsp3) is 0.222. The molecule has 0 spiro atoms. The van der Waals surface area contributed by atoms with Crippen molar-refractivity contribution in [2.45, 2.75) is 13.5 Å². The summed E-state index contributed by atoms with van der Waals surface area (Å²) in [5.41, 5.74) is 1.74. The molecule has 0 bridgehead atoms. The lowest BCUT2D eigenvalue weighted by Crippen LogP contribution is -1.92. The molecule has 0 amide bonds. The number of hydrogen-bond donors (Lipinski definition) is 0. The smallest absolute Gasteiger partial charge is 0.170 e. The number of halogens is 1. The van der Waals surface area contributed by atoms with E-state index in [9.17, 15) is 0 Å². The number of nitrogens with zero attached hydrogens (tertiary/aromatic N) is 4. The molecular weight excluding hydrogens is 200 g/mol. The van der Waals surface area contributed by atoms with Crippen molar-refractivity contribution in [3.05, 3.63) is 23.2 Å². The van der Waals surface area contributed by atoms with Crippen molar-refractivity contribution in [3.8, 4) is 6.07 Å². The summed E-state index contributed by atoms with van der Waals surface area (Å²) < 4.78 is 1.92. The lowest BCUT2D eigenvalue weighted by molar-refractivity contribution is 0.787. The molecule has 4 nitrogen and oxygen atoms in total. The molecule has 0 fully saturated rings. The van der Waals surface area contributed by atoms with Gasteiger partial charge in [0.1, 0.15) is 16.7 Å². The van der Waals surface area contributed by atoms with E-state index in [1.54, 1.807) is 12.4 Å². The summed E-state index contributed by atoms with van der Waals surface area (Å²) in [4.78, 5) is 8.02. The number of nitriles is 1. The topological polar surface area (TPSA) is 54.5 Å². The first-order valence-corrected chi connectivity index (χ1v) is 4.55. The number of hydrogen-bond acceptors (Lipinski definition) is 3. The summed E-state index contributed by atoms with van der Waals surface area (Å²) in [7, 11) is 0. The second-order valence-electron chi connectivity index (χ2n) is 2.80. The van der Waals surface area contributed by atoms with E-state index in [-0.39, 0.29) is 5.69 Å². The predicted molar refractivity (Wildman–Crippen MR) is 52.9 cm³/mol. The molecule has 2 aromatic rings. The summed E-state index contributed by atoms with van der Waals surface area (Å²) in [6.45, 7) is 2.79. The highest BCUT2D eigenvalue weighted by Gasteiger charge is 2.09. The van der Waals surface area contributed by atoms with Crippen LogP contribution >= 0.6 is 11.6 Å². The van der Waals surface area contributed by atoms with Crippen LogP contribution in [0.5, 0.6) is 0 Å². The maximum atomic E-state index is 8.82. The van der Waals surface area contributed by atoms with Crippen molar-refractivity contribution >= 4 is 22.6 Å². The zero-order valence-corrected chi connectivity index (χ0v) is 8.28. The van der Waals surface area contributed by atoms with Crippen molar-refractivity contribution in [1.82, 2.24) is 14.5 Å². The van der Waals surface area contributed by atoms with Gasteiger partial charge in [-0.25, -0.2) is 9.97 Å². The van der Waals surface area contributed by atoms with Gasteiger partial charge < -0.3 is 4.57 Å². The molecule has 0 radical (unpaired) electrons. The Morgan fingerprint density at radius 3 is 3.07 bits per heavy atom. The van der Waals surface area contributed by atoms with Gasteiger partial charge in [-0.3, -0.25) is 0 Å². The maximum Gasteiger partial charge on any atom is 0.170 e. The molecule has 14 heavy (non-hydrogen) atoms. The van der Waals surface area contributed by atoms with Gasteiger partial charge in [-0.15, -0.1) is 0 Å². The Morgan fingerprint density at radius 1 is 1.64 bits per heavy atom. The number of fused-ring (bicyclic) bond motifs is 1. The fourth-order valence-corrected chi connectivity index (χ4v) is 1.55. The molecule has 5 heteroatoms. The summed E-state index contributed by atoms with van der Waals surface area (Å²) >= 11 is 5.79. The van der Waals surface area contributed by atoms with Crippen LogP contribution in [0.15, 0.2) is 12.4 Å². The lowest BCUT2D eigenvalue weighted by Gasteiger charge is -1.99. The van der Waals surface area contributed by atoms with E-state index >= 15 is 0 Å². The van der Waals surface area contributed by atoms with Crippen molar-refractivity contribution in [1.29, 1.82) is 5.26 Å². The first kappa shape index (κ1) is 8.97. The van der Waals surface area contributed by atoms with Gasteiger partial charge in [0.05, 0.1) is 11.8 Å². The van der Waals surface area contributed by atoms with Gasteiger partial charge in [-0.2, -0.15) is 5.26 Å². The fourth-order valence-electron chi connectivity index (χ4n) is 1.36. The lowest BCUT2D eigenvalue weighted by atomic mass is 10.3. The largest absolute Gasteiger partial charge is 0.331 e. The van der Waals surface area contributed by atoms with E-state index < -0.39 is 0 Å². The van der Waals surface area contributed by atoms with E-state index in [1.807, 2.05) is 17.6 Å². The zero-order chi connectivity index (χ0) is 10.1. The van der Waals surface area contributed by atoms with Gasteiger partial charge in [-0.1, -0.05) is 11.6 Å². The first-order chi connectivity index (χ1) is 6.76. The summed E-state index contributed by atoms with van der Waals surface area (Å²) in [6, 6.07) is 3.69. The highest BCUT2D eigenvalue weighted by Crippen LogP contribution is 2.19. The quantitative estimate of drug-likeness (QED) is 0.671. The van der Waals surface area contributed by atoms with Crippen LogP contribution in [0.2, 0.25) is 5.15 Å². The van der Waals surface area contributed by atoms with Gasteiger partial charge >= 0.3 is 0 Å². The molecule has 2 aromatic heterocycles. The van der Waals surface area contributed by atoms with Gasteiger partial charge in [0.15, 0.2) is 5.69 Å². The normalized spacial score (nSPS) is 10.4. The average Bonchev–Trinajstić information content (AvgIpc) is 2.59. The van der Waals surface area contributed by atoms with Crippen molar-refractivity contribution in [2.75, 3.05) is 0 Å². The molecule has 0 aliphatic carbocycles. The molecule has 70 valence electrons. The molecule has 0 saturated heterocycles. The molecule has 0 aliphatic rings. The third-order valence-corrected chi connectivity index (χ3v) is 2.22. The second-order valence-corrected chi connectivity index (χ2v) is 3.19. The van der Waals surface area contributed by atoms with Crippen LogP contribution in [0.1, 0.15) is 12.6 Å². The second kappa shape index (κ2) is 3.28. The molecule has 0 saturated carbocycles. The third kappa shape index (κ3) is 1.22. The minimum absolute atomic E-state index is 0.278. The molecule has 0 unspecified atom stereocenters. The Bertz CT molecular complexity index is 523. The van der Waals surface area contributed by atoms with Crippen LogP contribution < -0.4 is 0 Å². The number of imidazole rings is 1. The van der Waals surface area contributed by atoms with Crippen LogP contribution in [-0.2, 0) is 6.54 Å². The molecule has 2 heterocycles. The Hall–Kier alpha value is -1.60. The van der Waals surface area contributed by atoms with Crippen LogP contribution in [0.3, 0.4) is 0 Å². The first-order valence-electron chi connectivity index (χ1n) is 4.17. The Labute approximate surface area is 85.8 Å². The number of aromatic nitrogens is 3. The van der Waals surface area contributed by atoms with Crippen LogP contribution in [0.4, 0.5) is 0 Å². The van der Waals surface area contributed by atoms with E-state index in [2.05, 4.69) is 9.97 Å². The van der Waals surface area contributed by atoms with E-state index in [0.29, 0.717) is 10.7 Å². The highest BCUT2D eigenvalue weighted by atomic mass is 35.5. The molecule has 0 atom stereocenters. The highest BCUT2D eigenvalue weighted by molar-refractivity contribution is 6.30. The van der Waals surface area contributed by atoms with E-state index in [4.69, 9.17) is 16.9 Å². The maximum absolute atomic E-state index is 8.82. The number of aryl methyl sites for hydroxylation is 1. The molecule has 2 rings (SSSR count). The van der Waals surface area contributed by atoms with Crippen LogP contribution in [0.25, 0.3) is 11.0 Å². The minimum Gasteiger partial charge on any atom is -0.331 e. The van der Waals surface area contributed by atoms with Gasteiger partial charge in [0.2, 0.25) is 0 Å². The summed E-state index contributed by atoms with van der Waals surface area (Å²) in [6.07, 6.45) is 1.68. The van der Waals surface area contributed by atoms with E-state index in [1.165, 1.54) is 0 Å².